The Morgan fingerprint density at radius 2 is 1.68 bits per heavy atom. The van der Waals surface area contributed by atoms with Crippen LogP contribution in [0.1, 0.15) is 38.8 Å². The molecule has 0 aromatic heterocycles. The van der Waals surface area contributed by atoms with Crippen LogP contribution in [0.3, 0.4) is 0 Å². The Morgan fingerprint density at radius 3 is 2.09 bits per heavy atom. The van der Waals surface area contributed by atoms with Gasteiger partial charge < -0.3 is 10.3 Å². The SMILES string of the molecule is C=N/C(=C\C(=N)c1cc(CC(F)(F)F)ccc1N(C)C(=C)/C(C(=C)C)=C(\C)C(C)C)C(F)(F)F. The first-order valence-electron chi connectivity index (χ1n) is 10.2. The zero-order valence-corrected chi connectivity index (χ0v) is 19.9. The Hall–Kier alpha value is -3.10. The Labute approximate surface area is 196 Å². The summed E-state index contributed by atoms with van der Waals surface area (Å²) >= 11 is 0. The molecule has 1 N–H and O–H groups in total. The van der Waals surface area contributed by atoms with E-state index in [4.69, 9.17) is 5.41 Å². The summed E-state index contributed by atoms with van der Waals surface area (Å²) in [6, 6.07) is 3.62. The molecule has 1 aromatic carbocycles. The molecule has 0 saturated carbocycles. The zero-order chi connectivity index (χ0) is 26.6. The van der Waals surface area contributed by atoms with Gasteiger partial charge in [0, 0.05) is 18.3 Å². The highest BCUT2D eigenvalue weighted by Gasteiger charge is 2.34. The fourth-order valence-electron chi connectivity index (χ4n) is 3.28. The van der Waals surface area contributed by atoms with Crippen LogP contribution < -0.4 is 4.90 Å². The van der Waals surface area contributed by atoms with Gasteiger partial charge in [-0.05, 0) is 61.4 Å². The van der Waals surface area contributed by atoms with Gasteiger partial charge in [0.2, 0.25) is 0 Å². The van der Waals surface area contributed by atoms with Crippen molar-refractivity contribution in [3.8, 4) is 0 Å². The number of anilines is 1. The largest absolute Gasteiger partial charge is 0.433 e. The molecule has 0 radical (unpaired) electrons. The van der Waals surface area contributed by atoms with E-state index in [0.717, 1.165) is 17.2 Å². The van der Waals surface area contributed by atoms with Gasteiger partial charge >= 0.3 is 12.4 Å². The van der Waals surface area contributed by atoms with Crippen LogP contribution in [-0.2, 0) is 6.42 Å². The van der Waals surface area contributed by atoms with Crippen LogP contribution in [0.15, 0.2) is 70.5 Å². The number of alkyl halides is 6. The number of nitrogens with one attached hydrogen (secondary N) is 1. The van der Waals surface area contributed by atoms with Crippen molar-refractivity contribution in [2.45, 2.75) is 46.5 Å². The van der Waals surface area contributed by atoms with Gasteiger partial charge in [-0.3, -0.25) is 4.99 Å². The van der Waals surface area contributed by atoms with Crippen molar-refractivity contribution in [1.29, 1.82) is 5.41 Å². The maximum atomic E-state index is 13.2. The zero-order valence-electron chi connectivity index (χ0n) is 19.9. The van der Waals surface area contributed by atoms with Crippen LogP contribution in [0.5, 0.6) is 0 Å². The average molecular weight is 486 g/mol. The summed E-state index contributed by atoms with van der Waals surface area (Å²) in [6.45, 7) is 18.6. The molecule has 0 amide bonds. The van der Waals surface area contributed by atoms with Gasteiger partial charge in [0.25, 0.3) is 0 Å². The number of halogens is 6. The minimum absolute atomic E-state index is 0.139. The maximum Gasteiger partial charge on any atom is 0.433 e. The van der Waals surface area contributed by atoms with Crippen LogP contribution >= 0.6 is 0 Å². The fourth-order valence-corrected chi connectivity index (χ4v) is 3.28. The average Bonchev–Trinajstić information content (AvgIpc) is 2.68. The van der Waals surface area contributed by atoms with Gasteiger partial charge in [-0.15, -0.1) is 0 Å². The third-order valence-corrected chi connectivity index (χ3v) is 5.24. The summed E-state index contributed by atoms with van der Waals surface area (Å²) in [6.07, 6.45) is -10.3. The number of hydrogen-bond donors (Lipinski definition) is 1. The lowest BCUT2D eigenvalue weighted by atomic mass is 9.92. The number of benzene rings is 1. The van der Waals surface area contributed by atoms with E-state index in [9.17, 15) is 26.3 Å². The van der Waals surface area contributed by atoms with E-state index in [0.29, 0.717) is 17.3 Å². The van der Waals surface area contributed by atoms with Crippen molar-refractivity contribution >= 4 is 18.1 Å². The molecule has 0 aliphatic carbocycles. The van der Waals surface area contributed by atoms with Gasteiger partial charge in [-0.1, -0.05) is 38.6 Å². The minimum Gasteiger partial charge on any atom is -0.344 e. The molecule has 0 spiro atoms. The topological polar surface area (TPSA) is 39.5 Å². The molecule has 0 atom stereocenters. The second-order valence-electron chi connectivity index (χ2n) is 8.24. The lowest BCUT2D eigenvalue weighted by Gasteiger charge is -2.29. The lowest BCUT2D eigenvalue weighted by Crippen LogP contribution is -2.22. The van der Waals surface area contributed by atoms with E-state index < -0.39 is 30.2 Å². The third-order valence-electron chi connectivity index (χ3n) is 5.24. The number of likely N-dealkylation sites (N-methyl/N-ethyl adjacent to an activating group) is 1. The number of nitrogens with zero attached hydrogens (tertiary/aromatic N) is 2. The highest BCUT2D eigenvalue weighted by molar-refractivity contribution is 6.11. The van der Waals surface area contributed by atoms with Crippen LogP contribution in [0.4, 0.5) is 32.0 Å². The Balaban J connectivity index is 3.74. The first-order valence-corrected chi connectivity index (χ1v) is 10.2. The summed E-state index contributed by atoms with van der Waals surface area (Å²) in [5.74, 6) is 0.139. The molecule has 9 heteroatoms. The predicted octanol–water partition coefficient (Wildman–Crippen LogP) is 7.80. The summed E-state index contributed by atoms with van der Waals surface area (Å²) < 4.78 is 78.4. The summed E-state index contributed by atoms with van der Waals surface area (Å²) in [7, 11) is 1.58. The Bertz CT molecular complexity index is 1040. The van der Waals surface area contributed by atoms with E-state index >= 15 is 0 Å². The molecule has 0 fully saturated rings. The van der Waals surface area contributed by atoms with Gasteiger partial charge in [-0.25, -0.2) is 0 Å². The number of rotatable bonds is 9. The molecule has 0 heterocycles. The van der Waals surface area contributed by atoms with Crippen molar-refractivity contribution in [2.24, 2.45) is 10.9 Å². The van der Waals surface area contributed by atoms with Crippen molar-refractivity contribution in [1.82, 2.24) is 0 Å². The maximum absolute atomic E-state index is 13.2. The fraction of sp³-hybridized carbons (Fsp3) is 0.360. The van der Waals surface area contributed by atoms with Crippen LogP contribution in [0, 0.1) is 11.3 Å². The molecule has 3 nitrogen and oxygen atoms in total. The lowest BCUT2D eigenvalue weighted by molar-refractivity contribution is -0.127. The van der Waals surface area contributed by atoms with E-state index in [2.05, 4.69) is 24.9 Å². The number of allylic oxidation sites excluding steroid dienone is 4. The van der Waals surface area contributed by atoms with Crippen molar-refractivity contribution in [3.05, 3.63) is 76.7 Å². The molecular weight excluding hydrogens is 456 g/mol. The van der Waals surface area contributed by atoms with Gasteiger partial charge in [0.05, 0.1) is 17.8 Å². The first-order chi connectivity index (χ1) is 15.4. The van der Waals surface area contributed by atoms with Crippen molar-refractivity contribution < 1.29 is 26.3 Å². The predicted molar refractivity (Wildman–Crippen MR) is 127 cm³/mol. The van der Waals surface area contributed by atoms with Gasteiger partial charge in [0.1, 0.15) is 5.70 Å². The summed E-state index contributed by atoms with van der Waals surface area (Å²) in [5.41, 5.74) is 0.610. The highest BCUT2D eigenvalue weighted by Crippen LogP contribution is 2.34. The molecule has 0 saturated heterocycles. The van der Waals surface area contributed by atoms with Crippen molar-refractivity contribution in [3.63, 3.8) is 0 Å². The third kappa shape index (κ3) is 7.46. The van der Waals surface area contributed by atoms with Crippen LogP contribution in [0.2, 0.25) is 0 Å². The molecule has 0 unspecified atom stereocenters. The number of hydrogen-bond acceptors (Lipinski definition) is 3. The van der Waals surface area contributed by atoms with E-state index in [-0.39, 0.29) is 22.7 Å². The molecule has 1 aromatic rings. The molecule has 0 aliphatic heterocycles. The summed E-state index contributed by atoms with van der Waals surface area (Å²) in [4.78, 5) is 4.45. The standard InChI is InChI=1S/C25H29F6N3/c1-14(2)16(5)23(15(3)4)17(6)34(8)21-10-9-18(13-24(26,27)28)11-19(21)20(32)12-22(33-7)25(29,30)31/h9-12,14,32H,3,6-7,13H2,1-2,4-5,8H3/b22-12-,23-16+,32-20?. The minimum atomic E-state index is -4.88. The highest BCUT2D eigenvalue weighted by atomic mass is 19.4. The van der Waals surface area contributed by atoms with Crippen molar-refractivity contribution in [2.75, 3.05) is 11.9 Å². The van der Waals surface area contributed by atoms with Gasteiger partial charge in [-0.2, -0.15) is 26.3 Å². The van der Waals surface area contributed by atoms with Gasteiger partial charge in [0.15, 0.2) is 0 Å². The number of aliphatic imine (C=N–C) groups is 1. The second-order valence-corrected chi connectivity index (χ2v) is 8.24. The smallest absolute Gasteiger partial charge is 0.344 e. The van der Waals surface area contributed by atoms with Crippen LogP contribution in [0.25, 0.3) is 0 Å². The second kappa shape index (κ2) is 10.9. The molecule has 0 aliphatic rings. The Morgan fingerprint density at radius 1 is 1.12 bits per heavy atom. The quantitative estimate of drug-likeness (QED) is 0.216. The molecule has 186 valence electrons. The monoisotopic (exact) mass is 485 g/mol. The van der Waals surface area contributed by atoms with E-state index in [1.165, 1.54) is 17.0 Å². The van der Waals surface area contributed by atoms with E-state index in [1.54, 1.807) is 14.0 Å². The molecule has 1 rings (SSSR count). The van der Waals surface area contributed by atoms with Crippen LogP contribution in [-0.4, -0.2) is 31.8 Å². The summed E-state index contributed by atoms with van der Waals surface area (Å²) in [5, 5.41) is 8.26. The normalized spacial score (nSPS) is 13.5. The molecular formula is C25H29F6N3. The van der Waals surface area contributed by atoms with E-state index in [1.807, 2.05) is 20.8 Å². The molecule has 34 heavy (non-hydrogen) atoms. The molecule has 0 bridgehead atoms. The Kier molecular flexibility index (Phi) is 9.26. The first kappa shape index (κ1) is 28.9.